The largest absolute Gasteiger partial charge is 0.423 e. The molecule has 0 fully saturated rings. The number of carbonyl (C=O) groups is 1. The van der Waals surface area contributed by atoms with Gasteiger partial charge in [-0.15, -0.1) is 0 Å². The number of carbonyl (C=O) groups excluding carboxylic acids is 1. The highest BCUT2D eigenvalue weighted by atomic mass is 16.6. The molecule has 2 aliphatic rings. The molecular weight excluding hydrogens is 442 g/mol. The van der Waals surface area contributed by atoms with Gasteiger partial charge in [-0.05, 0) is 60.7 Å². The third-order valence-electron chi connectivity index (χ3n) is 6.40. The molecule has 0 bridgehead atoms. The number of nitrogens with one attached hydrogen (secondary N) is 1. The van der Waals surface area contributed by atoms with Gasteiger partial charge in [0.2, 0.25) is 0 Å². The lowest BCUT2D eigenvalue weighted by atomic mass is 9.79. The Balaban J connectivity index is 1.56. The smallest absolute Gasteiger partial charge is 0.360 e. The van der Waals surface area contributed by atoms with E-state index in [-0.39, 0.29) is 11.8 Å². The van der Waals surface area contributed by atoms with Gasteiger partial charge < -0.3 is 4.74 Å². The molecule has 2 aromatic carbocycles. The van der Waals surface area contributed by atoms with Gasteiger partial charge in [0, 0.05) is 30.4 Å². The molecule has 11 nitrogen and oxygen atoms in total. The fraction of sp³-hybridized carbons (Fsp3) is 0.304. The van der Waals surface area contributed by atoms with Crippen molar-refractivity contribution in [2.24, 2.45) is 0 Å². The molecule has 1 aromatic heterocycles. The maximum absolute atomic E-state index is 12.9. The van der Waals surface area contributed by atoms with Crippen molar-refractivity contribution in [1.82, 2.24) is 15.1 Å². The lowest BCUT2D eigenvalue weighted by molar-refractivity contribution is -0.422. The number of nitrogens with zero attached hydrogens (tertiary/aromatic N) is 4. The molecule has 1 aliphatic heterocycles. The molecule has 1 unspecified atom stereocenters. The van der Waals surface area contributed by atoms with Crippen LogP contribution in [0.2, 0.25) is 0 Å². The molecule has 0 amide bonds. The number of aromatic amines is 1. The van der Waals surface area contributed by atoms with E-state index in [1.807, 2.05) is 6.20 Å². The molecule has 0 radical (unpaired) electrons. The first-order valence-corrected chi connectivity index (χ1v) is 11.0. The second-order valence-electron chi connectivity index (χ2n) is 8.39. The maximum atomic E-state index is 12.9. The molecule has 1 atom stereocenters. The Bertz CT molecular complexity index is 1330. The van der Waals surface area contributed by atoms with Crippen LogP contribution in [0.4, 0.5) is 11.4 Å². The van der Waals surface area contributed by atoms with Crippen LogP contribution in [0.5, 0.6) is 5.75 Å². The Morgan fingerprint density at radius 2 is 2.06 bits per heavy atom. The lowest BCUT2D eigenvalue weighted by Crippen LogP contribution is -2.38. The number of benzene rings is 2. The average molecular weight is 463 g/mol. The van der Waals surface area contributed by atoms with Gasteiger partial charge in [0.05, 0.1) is 15.5 Å². The SMILES string of the molecule is CCCN1CCc2cc(OC(=O)c3cccc([N+](=O)[O-])c3[N+](=O)[O-])cc3c2C1Cc1c[nH]nc1-3. The summed E-state index contributed by atoms with van der Waals surface area (Å²) in [5.41, 5.74) is 2.82. The number of rotatable bonds is 6. The van der Waals surface area contributed by atoms with E-state index >= 15 is 0 Å². The van der Waals surface area contributed by atoms with Crippen molar-refractivity contribution >= 4 is 17.3 Å². The summed E-state index contributed by atoms with van der Waals surface area (Å²) >= 11 is 0. The number of nitro groups is 2. The summed E-state index contributed by atoms with van der Waals surface area (Å²) < 4.78 is 5.54. The highest BCUT2D eigenvalue weighted by Crippen LogP contribution is 2.46. The molecule has 0 saturated heterocycles. The van der Waals surface area contributed by atoms with Crippen molar-refractivity contribution < 1.29 is 19.4 Å². The zero-order valence-electron chi connectivity index (χ0n) is 18.3. The summed E-state index contributed by atoms with van der Waals surface area (Å²) in [5.74, 6) is -0.807. The van der Waals surface area contributed by atoms with Crippen molar-refractivity contribution in [1.29, 1.82) is 0 Å². The predicted molar refractivity (Wildman–Crippen MR) is 121 cm³/mol. The van der Waals surface area contributed by atoms with E-state index in [0.29, 0.717) is 0 Å². The molecule has 3 aromatic rings. The van der Waals surface area contributed by atoms with E-state index in [0.717, 1.165) is 66.9 Å². The minimum atomic E-state index is -1.03. The highest BCUT2D eigenvalue weighted by Gasteiger charge is 2.37. The minimum Gasteiger partial charge on any atom is -0.423 e. The Morgan fingerprint density at radius 3 is 2.79 bits per heavy atom. The number of hydrogen-bond acceptors (Lipinski definition) is 8. The quantitative estimate of drug-likeness (QED) is 0.250. The van der Waals surface area contributed by atoms with Crippen molar-refractivity contribution in [3.63, 3.8) is 0 Å². The number of aromatic nitrogens is 2. The number of para-hydroxylation sites is 1. The van der Waals surface area contributed by atoms with Gasteiger partial charge in [-0.25, -0.2) is 4.79 Å². The van der Waals surface area contributed by atoms with Gasteiger partial charge in [-0.1, -0.05) is 13.0 Å². The van der Waals surface area contributed by atoms with Crippen LogP contribution in [0.15, 0.2) is 36.5 Å². The number of H-pyrrole nitrogens is 1. The van der Waals surface area contributed by atoms with Crippen LogP contribution in [-0.4, -0.2) is 44.0 Å². The summed E-state index contributed by atoms with van der Waals surface area (Å²) in [4.78, 5) is 36.3. The Labute approximate surface area is 193 Å². The Kier molecular flexibility index (Phi) is 5.33. The van der Waals surface area contributed by atoms with Gasteiger partial charge in [0.15, 0.2) is 0 Å². The van der Waals surface area contributed by atoms with Gasteiger partial charge in [0.25, 0.3) is 0 Å². The average Bonchev–Trinajstić information content (AvgIpc) is 3.29. The van der Waals surface area contributed by atoms with Crippen LogP contribution in [0.25, 0.3) is 11.3 Å². The third kappa shape index (κ3) is 3.50. The summed E-state index contributed by atoms with van der Waals surface area (Å²) in [6, 6.07) is 7.07. The lowest BCUT2D eigenvalue weighted by Gasteiger charge is -2.40. The van der Waals surface area contributed by atoms with Crippen LogP contribution in [-0.2, 0) is 12.8 Å². The Hall–Kier alpha value is -4.12. The highest BCUT2D eigenvalue weighted by molar-refractivity contribution is 5.97. The van der Waals surface area contributed by atoms with Crippen LogP contribution >= 0.6 is 0 Å². The molecule has 174 valence electrons. The normalized spacial score (nSPS) is 16.4. The molecule has 1 N–H and O–H groups in total. The summed E-state index contributed by atoms with van der Waals surface area (Å²) in [7, 11) is 0. The topological polar surface area (TPSA) is 144 Å². The van der Waals surface area contributed by atoms with Crippen LogP contribution in [0, 0.1) is 20.2 Å². The Morgan fingerprint density at radius 1 is 1.24 bits per heavy atom. The number of hydrogen-bond donors (Lipinski definition) is 1. The first kappa shape index (κ1) is 21.7. The van der Waals surface area contributed by atoms with Crippen molar-refractivity contribution in [3.05, 3.63) is 79.0 Å². The van der Waals surface area contributed by atoms with Crippen molar-refractivity contribution in [2.45, 2.75) is 32.2 Å². The minimum absolute atomic E-state index is 0.200. The van der Waals surface area contributed by atoms with Gasteiger partial charge in [-0.2, -0.15) is 5.10 Å². The van der Waals surface area contributed by atoms with E-state index < -0.39 is 32.8 Å². The monoisotopic (exact) mass is 463 g/mol. The number of esters is 1. The molecular formula is C23H21N5O6. The molecule has 34 heavy (non-hydrogen) atoms. The van der Waals surface area contributed by atoms with Gasteiger partial charge >= 0.3 is 17.3 Å². The molecule has 2 heterocycles. The number of ether oxygens (including phenoxy) is 1. The number of nitro benzene ring substituents is 2. The fourth-order valence-corrected chi connectivity index (χ4v) is 5.04. The zero-order chi connectivity index (χ0) is 24.0. The van der Waals surface area contributed by atoms with Crippen LogP contribution in [0.3, 0.4) is 0 Å². The predicted octanol–water partition coefficient (Wildman–Crippen LogP) is 3.98. The van der Waals surface area contributed by atoms with E-state index in [9.17, 15) is 25.0 Å². The van der Waals surface area contributed by atoms with E-state index in [4.69, 9.17) is 4.74 Å². The second kappa shape index (κ2) is 8.34. The number of fused-ring (bicyclic) bond motifs is 2. The summed E-state index contributed by atoms with van der Waals surface area (Å²) in [5, 5.41) is 30.1. The van der Waals surface area contributed by atoms with Crippen molar-refractivity contribution in [3.8, 4) is 17.0 Å². The van der Waals surface area contributed by atoms with E-state index in [1.54, 1.807) is 12.1 Å². The zero-order valence-corrected chi connectivity index (χ0v) is 18.3. The first-order valence-electron chi connectivity index (χ1n) is 11.0. The van der Waals surface area contributed by atoms with Crippen LogP contribution < -0.4 is 4.74 Å². The fourth-order valence-electron chi connectivity index (χ4n) is 5.04. The standard InChI is InChI=1S/C23H21N5O6/c1-2-7-26-8-6-13-9-15(11-17-20(13)19(26)10-14-12-24-25-21(14)17)34-23(29)16-4-3-5-18(27(30)31)22(16)28(32)33/h3-5,9,11-12,19H,2,6-8,10H2,1H3,(H,24,25). The molecule has 1 aliphatic carbocycles. The van der Waals surface area contributed by atoms with E-state index in [1.165, 1.54) is 11.6 Å². The summed E-state index contributed by atoms with van der Waals surface area (Å²) in [6.45, 7) is 3.99. The second-order valence-corrected chi connectivity index (χ2v) is 8.39. The van der Waals surface area contributed by atoms with Gasteiger partial charge in [0.1, 0.15) is 11.3 Å². The third-order valence-corrected chi connectivity index (χ3v) is 6.40. The van der Waals surface area contributed by atoms with Gasteiger partial charge in [-0.3, -0.25) is 30.2 Å². The molecule has 5 rings (SSSR count). The molecule has 11 heteroatoms. The van der Waals surface area contributed by atoms with Crippen LogP contribution in [0.1, 0.15) is 46.4 Å². The maximum Gasteiger partial charge on any atom is 0.360 e. The molecule has 0 spiro atoms. The van der Waals surface area contributed by atoms with Crippen molar-refractivity contribution in [2.75, 3.05) is 13.1 Å². The molecule has 0 saturated carbocycles. The van der Waals surface area contributed by atoms with E-state index in [2.05, 4.69) is 22.0 Å². The summed E-state index contributed by atoms with van der Waals surface area (Å²) in [6.07, 6.45) is 4.52. The first-order chi connectivity index (χ1) is 16.4.